The highest BCUT2D eigenvalue weighted by Gasteiger charge is 2.22. The predicted octanol–water partition coefficient (Wildman–Crippen LogP) is 3.49. The highest BCUT2D eigenvalue weighted by Crippen LogP contribution is 2.30. The second-order valence-corrected chi connectivity index (χ2v) is 5.23. The summed E-state index contributed by atoms with van der Waals surface area (Å²) in [5, 5.41) is 0. The molecule has 0 aromatic heterocycles. The Morgan fingerprint density at radius 3 is 2.67 bits per heavy atom. The first-order chi connectivity index (χ1) is 8.19. The van der Waals surface area contributed by atoms with E-state index < -0.39 is 0 Å². The van der Waals surface area contributed by atoms with E-state index in [0.717, 1.165) is 31.1 Å². The molecule has 0 amide bonds. The van der Waals surface area contributed by atoms with E-state index in [0.29, 0.717) is 0 Å². The number of hydrogen-bond donors (Lipinski definition) is 1. The van der Waals surface area contributed by atoms with Crippen LogP contribution in [0.5, 0.6) is 5.75 Å². The Morgan fingerprint density at radius 1 is 1.39 bits per heavy atom. The quantitative estimate of drug-likeness (QED) is 0.858. The lowest BCUT2D eigenvalue weighted by Crippen LogP contribution is -2.21. The molecule has 2 nitrogen and oxygen atoms in total. The Morgan fingerprint density at radius 2 is 2.11 bits per heavy atom. The Kier molecular flexibility index (Phi) is 5.97. The van der Waals surface area contributed by atoms with E-state index >= 15 is 0 Å². The smallest absolute Gasteiger partial charge is 0.122 e. The summed E-state index contributed by atoms with van der Waals surface area (Å²) in [6.07, 6.45) is 4.66. The van der Waals surface area contributed by atoms with Crippen molar-refractivity contribution >= 4 is 12.4 Å². The summed E-state index contributed by atoms with van der Waals surface area (Å²) >= 11 is 0. The maximum atomic E-state index is 5.97. The molecule has 2 N–H and O–H groups in total. The van der Waals surface area contributed by atoms with Crippen LogP contribution >= 0.6 is 12.4 Å². The molecule has 0 radical (unpaired) electrons. The van der Waals surface area contributed by atoms with Crippen molar-refractivity contribution < 1.29 is 4.74 Å². The lowest BCUT2D eigenvalue weighted by Gasteiger charge is -2.12. The Balaban J connectivity index is 0.00000162. The Labute approximate surface area is 116 Å². The molecule has 102 valence electrons. The number of aryl methyl sites for hydroxylation is 1. The van der Waals surface area contributed by atoms with Crippen LogP contribution in [0.4, 0.5) is 0 Å². The van der Waals surface area contributed by atoms with Gasteiger partial charge in [0.05, 0.1) is 6.61 Å². The van der Waals surface area contributed by atoms with Gasteiger partial charge in [0, 0.05) is 6.04 Å². The van der Waals surface area contributed by atoms with Crippen molar-refractivity contribution in [2.75, 3.05) is 6.61 Å². The first-order valence-corrected chi connectivity index (χ1v) is 6.67. The lowest BCUT2D eigenvalue weighted by molar-refractivity contribution is 0.298. The fourth-order valence-corrected chi connectivity index (χ4v) is 1.94. The van der Waals surface area contributed by atoms with Gasteiger partial charge >= 0.3 is 0 Å². The van der Waals surface area contributed by atoms with Crippen LogP contribution in [-0.4, -0.2) is 12.6 Å². The molecular weight excluding hydrogens is 246 g/mol. The highest BCUT2D eigenvalue weighted by molar-refractivity contribution is 5.85. The van der Waals surface area contributed by atoms with Crippen LogP contribution < -0.4 is 10.5 Å². The van der Waals surface area contributed by atoms with Crippen molar-refractivity contribution in [3.8, 4) is 5.75 Å². The van der Waals surface area contributed by atoms with Gasteiger partial charge in [-0.3, -0.25) is 0 Å². The maximum absolute atomic E-state index is 5.97. The summed E-state index contributed by atoms with van der Waals surface area (Å²) in [7, 11) is 0. The van der Waals surface area contributed by atoms with Gasteiger partial charge in [-0.05, 0) is 55.7 Å². The van der Waals surface area contributed by atoms with Crippen LogP contribution in [-0.2, 0) is 6.42 Å². The normalized spacial score (nSPS) is 15.9. The average molecular weight is 270 g/mol. The molecule has 1 aromatic rings. The predicted molar refractivity (Wildman–Crippen MR) is 78.6 cm³/mol. The lowest BCUT2D eigenvalue weighted by atomic mass is 10.0. The number of nitrogens with two attached hydrogens (primary N) is 1. The summed E-state index contributed by atoms with van der Waals surface area (Å²) in [4.78, 5) is 0. The largest absolute Gasteiger partial charge is 0.493 e. The maximum Gasteiger partial charge on any atom is 0.122 e. The van der Waals surface area contributed by atoms with Crippen molar-refractivity contribution in [3.63, 3.8) is 0 Å². The van der Waals surface area contributed by atoms with Gasteiger partial charge in [-0.25, -0.2) is 0 Å². The molecule has 2 rings (SSSR count). The van der Waals surface area contributed by atoms with E-state index in [2.05, 4.69) is 32.0 Å². The number of hydrogen-bond acceptors (Lipinski definition) is 2. The van der Waals surface area contributed by atoms with Gasteiger partial charge in [0.2, 0.25) is 0 Å². The fourth-order valence-electron chi connectivity index (χ4n) is 1.94. The van der Waals surface area contributed by atoms with Gasteiger partial charge < -0.3 is 10.5 Å². The van der Waals surface area contributed by atoms with Crippen molar-refractivity contribution in [3.05, 3.63) is 29.3 Å². The first-order valence-electron chi connectivity index (χ1n) is 6.67. The van der Waals surface area contributed by atoms with Gasteiger partial charge in [0.15, 0.2) is 0 Å². The molecule has 0 aliphatic heterocycles. The van der Waals surface area contributed by atoms with Gasteiger partial charge in [-0.1, -0.05) is 19.1 Å². The fraction of sp³-hybridized carbons (Fsp3) is 0.600. The molecule has 1 aliphatic carbocycles. The summed E-state index contributed by atoms with van der Waals surface area (Å²) in [6.45, 7) is 5.13. The number of benzene rings is 1. The third-order valence-corrected chi connectivity index (χ3v) is 3.43. The standard InChI is InChI=1S/C15H23NO.ClH/c1-3-14(16)9-13-6-7-15(11(2)8-13)17-10-12-4-5-12;/h6-8,12,14H,3-5,9-10,16H2,1-2H3;1H. The summed E-state index contributed by atoms with van der Waals surface area (Å²) in [5.74, 6) is 1.84. The van der Waals surface area contributed by atoms with E-state index in [1.807, 2.05) is 0 Å². The molecule has 0 saturated heterocycles. The Bertz CT molecular complexity index is 377. The van der Waals surface area contributed by atoms with Crippen LogP contribution in [0.25, 0.3) is 0 Å². The molecule has 18 heavy (non-hydrogen) atoms. The zero-order chi connectivity index (χ0) is 12.3. The summed E-state index contributed by atoms with van der Waals surface area (Å²) in [5.41, 5.74) is 8.51. The monoisotopic (exact) mass is 269 g/mol. The molecule has 1 saturated carbocycles. The molecule has 1 aliphatic rings. The van der Waals surface area contributed by atoms with Crippen molar-refractivity contribution in [2.45, 2.75) is 45.6 Å². The number of rotatable bonds is 6. The minimum absolute atomic E-state index is 0. The van der Waals surface area contributed by atoms with Gasteiger partial charge in [0.1, 0.15) is 5.75 Å². The van der Waals surface area contributed by atoms with E-state index in [1.54, 1.807) is 0 Å². The van der Waals surface area contributed by atoms with Gasteiger partial charge in [-0.2, -0.15) is 0 Å². The topological polar surface area (TPSA) is 35.2 Å². The van der Waals surface area contributed by atoms with E-state index in [4.69, 9.17) is 10.5 Å². The van der Waals surface area contributed by atoms with E-state index in [-0.39, 0.29) is 18.4 Å². The summed E-state index contributed by atoms with van der Waals surface area (Å²) in [6, 6.07) is 6.71. The zero-order valence-corrected chi connectivity index (χ0v) is 12.1. The van der Waals surface area contributed by atoms with E-state index in [9.17, 15) is 0 Å². The third-order valence-electron chi connectivity index (χ3n) is 3.43. The van der Waals surface area contributed by atoms with Crippen molar-refractivity contribution in [1.82, 2.24) is 0 Å². The Hall–Kier alpha value is -0.730. The molecule has 0 spiro atoms. The molecular formula is C15H24ClNO. The molecule has 3 heteroatoms. The van der Waals surface area contributed by atoms with Crippen LogP contribution in [0.2, 0.25) is 0 Å². The number of halogens is 1. The van der Waals surface area contributed by atoms with Crippen LogP contribution in [0.1, 0.15) is 37.3 Å². The SMILES string of the molecule is CCC(N)Cc1ccc(OCC2CC2)c(C)c1.Cl. The molecule has 1 aromatic carbocycles. The average Bonchev–Trinajstić information content (AvgIpc) is 3.12. The van der Waals surface area contributed by atoms with Crippen molar-refractivity contribution in [1.29, 1.82) is 0 Å². The zero-order valence-electron chi connectivity index (χ0n) is 11.3. The van der Waals surface area contributed by atoms with Crippen LogP contribution in [0.3, 0.4) is 0 Å². The molecule has 1 unspecified atom stereocenters. The third kappa shape index (κ3) is 4.51. The minimum atomic E-state index is 0. The molecule has 0 heterocycles. The van der Waals surface area contributed by atoms with Gasteiger partial charge in [-0.15, -0.1) is 12.4 Å². The first kappa shape index (κ1) is 15.3. The summed E-state index contributed by atoms with van der Waals surface area (Å²) < 4.78 is 5.82. The second-order valence-electron chi connectivity index (χ2n) is 5.23. The highest BCUT2D eigenvalue weighted by atomic mass is 35.5. The number of ether oxygens (including phenoxy) is 1. The van der Waals surface area contributed by atoms with E-state index in [1.165, 1.54) is 24.0 Å². The molecule has 1 fully saturated rings. The van der Waals surface area contributed by atoms with Gasteiger partial charge in [0.25, 0.3) is 0 Å². The van der Waals surface area contributed by atoms with Crippen LogP contribution in [0, 0.1) is 12.8 Å². The molecule has 0 bridgehead atoms. The molecule has 1 atom stereocenters. The second kappa shape index (κ2) is 7.01. The van der Waals surface area contributed by atoms with Crippen LogP contribution in [0.15, 0.2) is 18.2 Å². The minimum Gasteiger partial charge on any atom is -0.493 e. The van der Waals surface area contributed by atoms with Crippen molar-refractivity contribution in [2.24, 2.45) is 11.7 Å².